The Bertz CT molecular complexity index is 396. The SMILES string of the molecule is CCCC(N)CC(=O)Nc1ccc(F)cc1F. The van der Waals surface area contributed by atoms with E-state index < -0.39 is 11.6 Å². The van der Waals surface area contributed by atoms with Crippen LogP contribution in [0.5, 0.6) is 0 Å². The van der Waals surface area contributed by atoms with E-state index >= 15 is 0 Å². The summed E-state index contributed by atoms with van der Waals surface area (Å²) >= 11 is 0. The van der Waals surface area contributed by atoms with Crippen LogP contribution in [0.1, 0.15) is 26.2 Å². The quantitative estimate of drug-likeness (QED) is 0.833. The molecule has 0 radical (unpaired) electrons. The van der Waals surface area contributed by atoms with Crippen LogP contribution in [-0.4, -0.2) is 11.9 Å². The van der Waals surface area contributed by atoms with Gasteiger partial charge in [0.2, 0.25) is 5.91 Å². The lowest BCUT2D eigenvalue weighted by Gasteiger charge is -2.11. The minimum atomic E-state index is -0.789. The highest BCUT2D eigenvalue weighted by atomic mass is 19.1. The molecule has 0 bridgehead atoms. The Morgan fingerprint density at radius 1 is 1.47 bits per heavy atom. The Kier molecular flexibility index (Phi) is 5.03. The molecular formula is C12H16F2N2O. The van der Waals surface area contributed by atoms with Crippen molar-refractivity contribution in [3.05, 3.63) is 29.8 Å². The van der Waals surface area contributed by atoms with Gasteiger partial charge in [-0.15, -0.1) is 0 Å². The van der Waals surface area contributed by atoms with Gasteiger partial charge in [-0.05, 0) is 18.6 Å². The molecule has 0 spiro atoms. The van der Waals surface area contributed by atoms with E-state index in [1.165, 1.54) is 6.07 Å². The standard InChI is InChI=1S/C12H16F2N2O/c1-2-3-9(15)7-12(17)16-11-5-4-8(13)6-10(11)14/h4-6,9H,2-3,7,15H2,1H3,(H,16,17). The van der Waals surface area contributed by atoms with E-state index in [1.807, 2.05) is 6.92 Å². The van der Waals surface area contributed by atoms with Crippen molar-refractivity contribution in [2.75, 3.05) is 5.32 Å². The third-order valence-corrected chi connectivity index (χ3v) is 2.31. The van der Waals surface area contributed by atoms with Gasteiger partial charge in [0.25, 0.3) is 0 Å². The molecule has 1 aromatic rings. The minimum absolute atomic E-state index is 0.0277. The number of hydrogen-bond acceptors (Lipinski definition) is 2. The summed E-state index contributed by atoms with van der Waals surface area (Å²) in [5, 5.41) is 2.37. The molecule has 3 nitrogen and oxygen atoms in total. The third kappa shape index (κ3) is 4.48. The van der Waals surface area contributed by atoms with Crippen molar-refractivity contribution in [2.45, 2.75) is 32.2 Å². The normalized spacial score (nSPS) is 12.2. The summed E-state index contributed by atoms with van der Waals surface area (Å²) in [6, 6.07) is 2.77. The number of carbonyl (C=O) groups excluding carboxylic acids is 1. The van der Waals surface area contributed by atoms with Crippen LogP contribution in [0.4, 0.5) is 14.5 Å². The fourth-order valence-corrected chi connectivity index (χ4v) is 1.50. The lowest BCUT2D eigenvalue weighted by Crippen LogP contribution is -2.27. The first-order chi connectivity index (χ1) is 8.02. The van der Waals surface area contributed by atoms with Crippen molar-refractivity contribution in [3.63, 3.8) is 0 Å². The summed E-state index contributed by atoms with van der Waals surface area (Å²) in [4.78, 5) is 11.5. The second-order valence-corrected chi connectivity index (χ2v) is 3.93. The van der Waals surface area contributed by atoms with Crippen molar-refractivity contribution in [1.29, 1.82) is 0 Å². The van der Waals surface area contributed by atoms with Crippen LogP contribution < -0.4 is 11.1 Å². The number of carbonyl (C=O) groups is 1. The predicted molar refractivity (Wildman–Crippen MR) is 62.5 cm³/mol. The Hall–Kier alpha value is -1.49. The van der Waals surface area contributed by atoms with Crippen LogP contribution in [0.15, 0.2) is 18.2 Å². The number of nitrogens with two attached hydrogens (primary N) is 1. The molecule has 0 fully saturated rings. The molecule has 1 amide bonds. The zero-order chi connectivity index (χ0) is 12.8. The summed E-state index contributed by atoms with van der Waals surface area (Å²) in [6.45, 7) is 1.97. The number of benzene rings is 1. The van der Waals surface area contributed by atoms with Gasteiger partial charge in [0.15, 0.2) is 0 Å². The average Bonchev–Trinajstić information content (AvgIpc) is 2.22. The zero-order valence-corrected chi connectivity index (χ0v) is 9.67. The maximum Gasteiger partial charge on any atom is 0.226 e. The van der Waals surface area contributed by atoms with Crippen LogP contribution in [-0.2, 0) is 4.79 Å². The van der Waals surface area contributed by atoms with Crippen LogP contribution >= 0.6 is 0 Å². The van der Waals surface area contributed by atoms with Gasteiger partial charge in [0, 0.05) is 18.5 Å². The number of amides is 1. The summed E-state index contributed by atoms with van der Waals surface area (Å²) < 4.78 is 25.8. The molecule has 1 unspecified atom stereocenters. The molecule has 0 aromatic heterocycles. The van der Waals surface area contributed by atoms with Crippen LogP contribution in [0.3, 0.4) is 0 Å². The summed E-state index contributed by atoms with van der Waals surface area (Å²) in [7, 11) is 0. The van der Waals surface area contributed by atoms with Gasteiger partial charge < -0.3 is 11.1 Å². The lowest BCUT2D eigenvalue weighted by atomic mass is 10.1. The average molecular weight is 242 g/mol. The van der Waals surface area contributed by atoms with Crippen LogP contribution in [0, 0.1) is 11.6 Å². The van der Waals surface area contributed by atoms with Gasteiger partial charge in [-0.3, -0.25) is 4.79 Å². The molecule has 0 saturated heterocycles. The molecule has 17 heavy (non-hydrogen) atoms. The molecule has 1 atom stereocenters. The number of halogens is 2. The first kappa shape index (κ1) is 13.6. The molecule has 0 saturated carbocycles. The van der Waals surface area contributed by atoms with Crippen molar-refractivity contribution >= 4 is 11.6 Å². The molecule has 1 aromatic carbocycles. The van der Waals surface area contributed by atoms with Crippen molar-refractivity contribution < 1.29 is 13.6 Å². The lowest BCUT2D eigenvalue weighted by molar-refractivity contribution is -0.116. The Labute approximate surface area is 99.0 Å². The van der Waals surface area contributed by atoms with Gasteiger partial charge in [-0.25, -0.2) is 8.78 Å². The molecule has 0 heterocycles. The fourth-order valence-electron chi connectivity index (χ4n) is 1.50. The summed E-state index contributed by atoms with van der Waals surface area (Å²) in [6.07, 6.45) is 1.75. The van der Waals surface area contributed by atoms with E-state index in [-0.39, 0.29) is 24.1 Å². The van der Waals surface area contributed by atoms with E-state index in [0.29, 0.717) is 0 Å². The predicted octanol–water partition coefficient (Wildman–Crippen LogP) is 2.42. The molecular weight excluding hydrogens is 226 g/mol. The topological polar surface area (TPSA) is 55.1 Å². The third-order valence-electron chi connectivity index (χ3n) is 2.31. The number of hydrogen-bond donors (Lipinski definition) is 2. The van der Waals surface area contributed by atoms with E-state index in [0.717, 1.165) is 25.0 Å². The Morgan fingerprint density at radius 3 is 2.76 bits per heavy atom. The van der Waals surface area contributed by atoms with Gasteiger partial charge in [-0.2, -0.15) is 0 Å². The number of anilines is 1. The first-order valence-corrected chi connectivity index (χ1v) is 5.53. The summed E-state index contributed by atoms with van der Waals surface area (Å²) in [5.74, 6) is -1.83. The monoisotopic (exact) mass is 242 g/mol. The summed E-state index contributed by atoms with van der Waals surface area (Å²) in [5.41, 5.74) is 5.66. The van der Waals surface area contributed by atoms with E-state index in [4.69, 9.17) is 5.73 Å². The number of nitrogens with one attached hydrogen (secondary N) is 1. The van der Waals surface area contributed by atoms with Crippen LogP contribution in [0.2, 0.25) is 0 Å². The second kappa shape index (κ2) is 6.30. The van der Waals surface area contributed by atoms with E-state index in [1.54, 1.807) is 0 Å². The molecule has 3 N–H and O–H groups in total. The highest BCUT2D eigenvalue weighted by Gasteiger charge is 2.11. The van der Waals surface area contributed by atoms with Crippen molar-refractivity contribution in [3.8, 4) is 0 Å². The van der Waals surface area contributed by atoms with Gasteiger partial charge in [0.05, 0.1) is 5.69 Å². The molecule has 1 rings (SSSR count). The molecule has 0 aliphatic rings. The Morgan fingerprint density at radius 2 is 2.18 bits per heavy atom. The van der Waals surface area contributed by atoms with E-state index in [9.17, 15) is 13.6 Å². The van der Waals surface area contributed by atoms with Crippen molar-refractivity contribution in [2.24, 2.45) is 5.73 Å². The van der Waals surface area contributed by atoms with Gasteiger partial charge >= 0.3 is 0 Å². The van der Waals surface area contributed by atoms with Crippen molar-refractivity contribution in [1.82, 2.24) is 0 Å². The molecule has 0 aliphatic heterocycles. The van der Waals surface area contributed by atoms with E-state index in [2.05, 4.69) is 5.32 Å². The Balaban J connectivity index is 2.56. The van der Waals surface area contributed by atoms with Gasteiger partial charge in [0.1, 0.15) is 11.6 Å². The largest absolute Gasteiger partial charge is 0.327 e. The smallest absolute Gasteiger partial charge is 0.226 e. The first-order valence-electron chi connectivity index (χ1n) is 5.53. The highest BCUT2D eigenvalue weighted by Crippen LogP contribution is 2.15. The minimum Gasteiger partial charge on any atom is -0.327 e. The molecule has 0 aliphatic carbocycles. The maximum absolute atomic E-state index is 13.2. The highest BCUT2D eigenvalue weighted by molar-refractivity contribution is 5.91. The fraction of sp³-hybridized carbons (Fsp3) is 0.417. The maximum atomic E-state index is 13.2. The molecule has 5 heteroatoms. The van der Waals surface area contributed by atoms with Crippen LogP contribution in [0.25, 0.3) is 0 Å². The zero-order valence-electron chi connectivity index (χ0n) is 9.67. The molecule has 94 valence electrons. The van der Waals surface area contributed by atoms with Gasteiger partial charge in [-0.1, -0.05) is 13.3 Å². The number of rotatable bonds is 5. The second-order valence-electron chi connectivity index (χ2n) is 3.93.